The molecule has 0 spiro atoms. The van der Waals surface area contributed by atoms with Gasteiger partial charge in [-0.3, -0.25) is 9.89 Å². The van der Waals surface area contributed by atoms with E-state index in [4.69, 9.17) is 22.1 Å². The van der Waals surface area contributed by atoms with E-state index in [1.54, 1.807) is 7.05 Å². The molecule has 0 unspecified atom stereocenters. The maximum absolute atomic E-state index is 6.01. The van der Waals surface area contributed by atoms with E-state index in [1.165, 1.54) is 5.56 Å². The summed E-state index contributed by atoms with van der Waals surface area (Å²) < 4.78 is 5.82. The zero-order valence-corrected chi connectivity index (χ0v) is 14.2. The largest absolute Gasteiger partial charge is 0.373 e. The Hall–Kier alpha value is -1.30. The molecule has 0 amide bonds. The first-order valence-corrected chi connectivity index (χ1v) is 7.89. The van der Waals surface area contributed by atoms with Crippen LogP contribution in [0.25, 0.3) is 0 Å². The number of rotatable bonds is 4. The van der Waals surface area contributed by atoms with Crippen molar-refractivity contribution in [2.24, 2.45) is 10.7 Å². The third-order valence-corrected chi connectivity index (χ3v) is 4.12. The molecule has 0 aliphatic carbocycles. The lowest BCUT2D eigenvalue weighted by atomic mass is 10.0. The molecule has 1 aliphatic rings. The van der Waals surface area contributed by atoms with Crippen LogP contribution in [0.4, 0.5) is 0 Å². The van der Waals surface area contributed by atoms with Gasteiger partial charge in [-0.2, -0.15) is 0 Å². The number of nitrogens with zero attached hydrogens (tertiary/aromatic N) is 2. The predicted molar refractivity (Wildman–Crippen MR) is 91.3 cm³/mol. The molecule has 0 aromatic heterocycles. The zero-order valence-electron chi connectivity index (χ0n) is 13.5. The van der Waals surface area contributed by atoms with Crippen LogP contribution in [0.3, 0.4) is 0 Å². The Labute approximate surface area is 137 Å². The molecule has 0 bridgehead atoms. The summed E-state index contributed by atoms with van der Waals surface area (Å²) in [5.41, 5.74) is 6.84. The Morgan fingerprint density at radius 1 is 1.45 bits per heavy atom. The number of benzene rings is 1. The van der Waals surface area contributed by atoms with Gasteiger partial charge >= 0.3 is 0 Å². The number of nitrogens with two attached hydrogens (primary N) is 1. The first kappa shape index (κ1) is 17.1. The average molecular weight is 325 g/mol. The molecule has 1 atom stereocenters. The van der Waals surface area contributed by atoms with E-state index < -0.39 is 0 Å². The minimum Gasteiger partial charge on any atom is -0.373 e. The van der Waals surface area contributed by atoms with Crippen LogP contribution >= 0.6 is 11.6 Å². The minimum atomic E-state index is -0.146. The number of halogens is 1. The second-order valence-electron chi connectivity index (χ2n) is 6.14. The molecule has 1 fully saturated rings. The van der Waals surface area contributed by atoms with Crippen molar-refractivity contribution in [1.82, 2.24) is 10.2 Å². The molecule has 1 aromatic carbocycles. The number of guanidine groups is 1. The van der Waals surface area contributed by atoms with Gasteiger partial charge in [0, 0.05) is 31.7 Å². The molecule has 1 saturated heterocycles. The average Bonchev–Trinajstić information content (AvgIpc) is 2.48. The smallest absolute Gasteiger partial charge is 0.188 e. The van der Waals surface area contributed by atoms with E-state index in [0.717, 1.165) is 24.7 Å². The number of ether oxygens (including phenoxy) is 1. The molecule has 1 aromatic rings. The highest BCUT2D eigenvalue weighted by molar-refractivity contribution is 6.30. The monoisotopic (exact) mass is 324 g/mol. The summed E-state index contributed by atoms with van der Waals surface area (Å²) in [4.78, 5) is 6.38. The van der Waals surface area contributed by atoms with Crippen LogP contribution in [0.2, 0.25) is 5.02 Å². The number of hydrogen-bond acceptors (Lipinski definition) is 3. The summed E-state index contributed by atoms with van der Waals surface area (Å²) in [6.45, 7) is 7.42. The molecule has 2 rings (SSSR count). The molecule has 6 heteroatoms. The van der Waals surface area contributed by atoms with Crippen molar-refractivity contribution in [3.8, 4) is 0 Å². The maximum atomic E-state index is 6.01. The van der Waals surface area contributed by atoms with Crippen LogP contribution in [0, 0.1) is 0 Å². The third-order valence-electron chi connectivity index (χ3n) is 3.87. The summed E-state index contributed by atoms with van der Waals surface area (Å²) >= 11 is 6.01. The third kappa shape index (κ3) is 4.60. The Morgan fingerprint density at radius 3 is 2.73 bits per heavy atom. The second-order valence-corrected chi connectivity index (χ2v) is 6.57. The molecule has 22 heavy (non-hydrogen) atoms. The van der Waals surface area contributed by atoms with Crippen molar-refractivity contribution >= 4 is 17.6 Å². The zero-order chi connectivity index (χ0) is 16.2. The van der Waals surface area contributed by atoms with Gasteiger partial charge in [0.05, 0.1) is 18.2 Å². The highest BCUT2D eigenvalue weighted by Crippen LogP contribution is 2.27. The fourth-order valence-electron chi connectivity index (χ4n) is 2.74. The van der Waals surface area contributed by atoms with Crippen molar-refractivity contribution in [2.45, 2.75) is 25.5 Å². The minimum absolute atomic E-state index is 0.146. The normalized spacial score (nSPS) is 20.6. The molecular formula is C16H25ClN4O. The Morgan fingerprint density at radius 2 is 2.14 bits per heavy atom. The predicted octanol–water partition coefficient (Wildman–Crippen LogP) is 2.03. The van der Waals surface area contributed by atoms with Crippen LogP contribution in [0.15, 0.2) is 29.3 Å². The molecule has 0 radical (unpaired) electrons. The van der Waals surface area contributed by atoms with E-state index in [0.29, 0.717) is 12.5 Å². The lowest BCUT2D eigenvalue weighted by Gasteiger charge is -2.42. The number of nitrogens with one attached hydrogen (secondary N) is 1. The van der Waals surface area contributed by atoms with Crippen molar-refractivity contribution in [2.75, 3.05) is 33.3 Å². The Bertz CT molecular complexity index is 515. The van der Waals surface area contributed by atoms with Crippen LogP contribution in [0.5, 0.6) is 0 Å². The molecule has 3 N–H and O–H groups in total. The fraction of sp³-hybridized carbons (Fsp3) is 0.562. The SMILES string of the molecule is CN=C(N)NC[C@H](c1ccc(Cl)cc1)N1CCOC(C)(C)C1. The molecule has 1 aliphatic heterocycles. The number of aliphatic imine (C=N–C) groups is 1. The highest BCUT2D eigenvalue weighted by Gasteiger charge is 2.32. The second kappa shape index (κ2) is 7.31. The molecule has 5 nitrogen and oxygen atoms in total. The summed E-state index contributed by atoms with van der Waals surface area (Å²) in [6, 6.07) is 8.17. The van der Waals surface area contributed by atoms with Crippen LogP contribution < -0.4 is 11.1 Å². The van der Waals surface area contributed by atoms with Gasteiger partial charge in [0.15, 0.2) is 5.96 Å². The van der Waals surface area contributed by atoms with Crippen LogP contribution in [0.1, 0.15) is 25.5 Å². The Kier molecular flexibility index (Phi) is 5.67. The summed E-state index contributed by atoms with van der Waals surface area (Å²) in [6.07, 6.45) is 0. The Balaban J connectivity index is 2.18. The lowest BCUT2D eigenvalue weighted by molar-refractivity contribution is -0.0971. The first-order chi connectivity index (χ1) is 10.4. The van der Waals surface area contributed by atoms with E-state index in [1.807, 2.05) is 12.1 Å². The fourth-order valence-corrected chi connectivity index (χ4v) is 2.87. The van der Waals surface area contributed by atoms with Crippen molar-refractivity contribution in [3.05, 3.63) is 34.9 Å². The number of hydrogen-bond donors (Lipinski definition) is 2. The van der Waals surface area contributed by atoms with Gasteiger partial charge in [-0.15, -0.1) is 0 Å². The van der Waals surface area contributed by atoms with Crippen molar-refractivity contribution < 1.29 is 4.74 Å². The molecular weight excluding hydrogens is 300 g/mol. The van der Waals surface area contributed by atoms with Gasteiger partial charge in [-0.1, -0.05) is 23.7 Å². The highest BCUT2D eigenvalue weighted by atomic mass is 35.5. The van der Waals surface area contributed by atoms with Gasteiger partial charge in [0.1, 0.15) is 0 Å². The topological polar surface area (TPSA) is 62.9 Å². The van der Waals surface area contributed by atoms with E-state index >= 15 is 0 Å². The lowest BCUT2D eigenvalue weighted by Crippen LogP contribution is -2.51. The summed E-state index contributed by atoms with van der Waals surface area (Å²) in [7, 11) is 1.68. The van der Waals surface area contributed by atoms with Crippen molar-refractivity contribution in [3.63, 3.8) is 0 Å². The van der Waals surface area contributed by atoms with Gasteiger partial charge in [0.2, 0.25) is 0 Å². The van der Waals surface area contributed by atoms with Gasteiger partial charge in [0.25, 0.3) is 0 Å². The number of morpholine rings is 1. The van der Waals surface area contributed by atoms with E-state index in [9.17, 15) is 0 Å². The van der Waals surface area contributed by atoms with Gasteiger partial charge in [-0.25, -0.2) is 0 Å². The summed E-state index contributed by atoms with van der Waals surface area (Å²) in [5.74, 6) is 0.450. The van der Waals surface area contributed by atoms with Gasteiger partial charge < -0.3 is 15.8 Å². The van der Waals surface area contributed by atoms with E-state index in [-0.39, 0.29) is 11.6 Å². The van der Waals surface area contributed by atoms with Crippen LogP contribution in [-0.4, -0.2) is 49.7 Å². The standard InChI is InChI=1S/C16H25ClN4O/c1-16(2)11-21(8-9-22-16)14(10-20-15(18)19-3)12-4-6-13(17)7-5-12/h4-7,14H,8-11H2,1-3H3,(H3,18,19,20)/t14-/m1/s1. The first-order valence-electron chi connectivity index (χ1n) is 7.51. The van der Waals surface area contributed by atoms with Crippen molar-refractivity contribution in [1.29, 1.82) is 0 Å². The van der Waals surface area contributed by atoms with Crippen LogP contribution in [-0.2, 0) is 4.74 Å². The molecule has 0 saturated carbocycles. The maximum Gasteiger partial charge on any atom is 0.188 e. The summed E-state index contributed by atoms with van der Waals surface area (Å²) in [5, 5.41) is 3.93. The molecule has 122 valence electrons. The van der Waals surface area contributed by atoms with E-state index in [2.05, 4.69) is 41.2 Å². The quantitative estimate of drug-likeness (QED) is 0.657. The van der Waals surface area contributed by atoms with Gasteiger partial charge in [-0.05, 0) is 31.5 Å². The molecule has 1 heterocycles.